The normalized spacial score (nSPS) is 19.8. The average molecular weight is 324 g/mol. The zero-order chi connectivity index (χ0) is 15.7. The fourth-order valence-electron chi connectivity index (χ4n) is 2.96. The zero-order valence-corrected chi connectivity index (χ0v) is 14.3. The molecule has 0 radical (unpaired) electrons. The van der Waals surface area contributed by atoms with Gasteiger partial charge >= 0.3 is 0 Å². The number of ether oxygens (including phenoxy) is 1. The summed E-state index contributed by atoms with van der Waals surface area (Å²) in [5, 5.41) is 2.40. The van der Waals surface area contributed by atoms with Crippen molar-refractivity contribution in [1.29, 1.82) is 0 Å². The third kappa shape index (κ3) is 5.26. The first kappa shape index (κ1) is 16.4. The largest absolute Gasteiger partial charge is 0.380 e. The van der Waals surface area contributed by atoms with E-state index in [-0.39, 0.29) is 0 Å². The van der Waals surface area contributed by atoms with E-state index in [9.17, 15) is 0 Å². The highest BCUT2D eigenvalue weighted by Gasteiger charge is 2.19. The molecule has 2 heteroatoms. The van der Waals surface area contributed by atoms with Crippen LogP contribution in [-0.4, -0.2) is 19.0 Å². The molecule has 2 aromatic carbocycles. The van der Waals surface area contributed by atoms with Gasteiger partial charge in [-0.3, -0.25) is 0 Å². The maximum Gasteiger partial charge on any atom is 0.0535 e. The number of thioether (sulfide) groups is 1. The fraction of sp³-hybridized carbons (Fsp3) is 0.333. The highest BCUT2D eigenvalue weighted by Crippen LogP contribution is 2.27. The van der Waals surface area contributed by atoms with Gasteiger partial charge in [0.2, 0.25) is 0 Å². The minimum absolute atomic E-state index is 0.537. The van der Waals surface area contributed by atoms with Gasteiger partial charge < -0.3 is 4.74 Å². The van der Waals surface area contributed by atoms with Crippen molar-refractivity contribution in [3.05, 3.63) is 82.8 Å². The quantitative estimate of drug-likeness (QED) is 0.682. The smallest absolute Gasteiger partial charge is 0.0535 e. The lowest BCUT2D eigenvalue weighted by Gasteiger charge is -2.26. The number of hydrogen-bond donors (Lipinski definition) is 0. The minimum Gasteiger partial charge on any atom is -0.380 e. The number of benzene rings is 2. The van der Waals surface area contributed by atoms with Gasteiger partial charge in [0.15, 0.2) is 0 Å². The Morgan fingerprint density at radius 1 is 0.957 bits per heavy atom. The first-order chi connectivity index (χ1) is 11.4. The van der Waals surface area contributed by atoms with Crippen LogP contribution < -0.4 is 0 Å². The maximum atomic E-state index is 5.71. The van der Waals surface area contributed by atoms with Crippen molar-refractivity contribution in [2.75, 3.05) is 19.0 Å². The van der Waals surface area contributed by atoms with Crippen molar-refractivity contribution in [1.82, 2.24) is 0 Å². The second-order valence-corrected chi connectivity index (χ2v) is 6.99. The Morgan fingerprint density at radius 2 is 1.65 bits per heavy atom. The van der Waals surface area contributed by atoms with Crippen LogP contribution in [0.5, 0.6) is 0 Å². The predicted octanol–water partition coefficient (Wildman–Crippen LogP) is 5.13. The van der Waals surface area contributed by atoms with Gasteiger partial charge in [-0.2, -0.15) is 0 Å². The van der Waals surface area contributed by atoms with Gasteiger partial charge in [0.1, 0.15) is 0 Å². The monoisotopic (exact) mass is 324 g/mol. The number of hydrogen-bond acceptors (Lipinski definition) is 2. The number of rotatable bonds is 6. The van der Waals surface area contributed by atoms with Gasteiger partial charge in [-0.05, 0) is 35.8 Å². The second-order valence-electron chi connectivity index (χ2n) is 6.01. The third-order valence-electron chi connectivity index (χ3n) is 4.29. The van der Waals surface area contributed by atoms with E-state index in [1.54, 1.807) is 5.57 Å². The van der Waals surface area contributed by atoms with E-state index in [4.69, 9.17) is 4.74 Å². The molecule has 1 aliphatic heterocycles. The molecule has 0 aliphatic carbocycles. The van der Waals surface area contributed by atoms with Gasteiger partial charge in [-0.15, -0.1) is 11.8 Å². The van der Waals surface area contributed by atoms with E-state index >= 15 is 0 Å². The first-order valence-corrected chi connectivity index (χ1v) is 9.43. The summed E-state index contributed by atoms with van der Waals surface area (Å²) in [5.74, 6) is 1.68. The average Bonchev–Trinajstić information content (AvgIpc) is 2.62. The van der Waals surface area contributed by atoms with Crippen molar-refractivity contribution in [3.63, 3.8) is 0 Å². The van der Waals surface area contributed by atoms with Gasteiger partial charge in [-0.25, -0.2) is 0 Å². The standard InChI is InChI=1S/C21H24OS/c1-3-7-18(8-4-1)12-14-23-17-20-11-13-22-16-21(20)15-19-9-5-2-6-10-19/h1-10,17,21H,11-16H2/b20-17+. The van der Waals surface area contributed by atoms with E-state index in [0.717, 1.165) is 38.2 Å². The van der Waals surface area contributed by atoms with Gasteiger partial charge in [-0.1, -0.05) is 66.2 Å². The summed E-state index contributed by atoms with van der Waals surface area (Å²) in [6.45, 7) is 1.73. The molecule has 0 amide bonds. The minimum atomic E-state index is 0.537. The van der Waals surface area contributed by atoms with E-state index in [2.05, 4.69) is 66.1 Å². The van der Waals surface area contributed by atoms with Crippen molar-refractivity contribution < 1.29 is 4.74 Å². The zero-order valence-electron chi connectivity index (χ0n) is 13.5. The molecular formula is C21H24OS. The van der Waals surface area contributed by atoms with E-state index in [0.29, 0.717) is 5.92 Å². The van der Waals surface area contributed by atoms with Crippen LogP contribution in [0.1, 0.15) is 17.5 Å². The van der Waals surface area contributed by atoms with Crippen molar-refractivity contribution in [3.8, 4) is 0 Å². The fourth-order valence-corrected chi connectivity index (χ4v) is 3.95. The van der Waals surface area contributed by atoms with Gasteiger partial charge in [0.25, 0.3) is 0 Å². The Morgan fingerprint density at radius 3 is 2.39 bits per heavy atom. The summed E-state index contributed by atoms with van der Waals surface area (Å²) in [4.78, 5) is 0. The summed E-state index contributed by atoms with van der Waals surface area (Å²) in [5.41, 5.74) is 4.40. The second kappa shape index (κ2) is 8.95. The number of aryl methyl sites for hydroxylation is 1. The van der Waals surface area contributed by atoms with Gasteiger partial charge in [0, 0.05) is 11.7 Å². The first-order valence-electron chi connectivity index (χ1n) is 8.38. The summed E-state index contributed by atoms with van der Waals surface area (Å²) < 4.78 is 5.71. The Labute approximate surface area is 143 Å². The topological polar surface area (TPSA) is 9.23 Å². The molecule has 23 heavy (non-hydrogen) atoms. The molecule has 1 nitrogen and oxygen atoms in total. The maximum absolute atomic E-state index is 5.71. The van der Waals surface area contributed by atoms with E-state index in [1.165, 1.54) is 11.1 Å². The summed E-state index contributed by atoms with van der Waals surface area (Å²) >= 11 is 1.95. The molecule has 120 valence electrons. The molecule has 0 spiro atoms. The van der Waals surface area contributed by atoms with Crippen LogP contribution in [0.3, 0.4) is 0 Å². The highest BCUT2D eigenvalue weighted by molar-refractivity contribution is 8.02. The van der Waals surface area contributed by atoms with Crippen molar-refractivity contribution >= 4 is 11.8 Å². The molecule has 0 aromatic heterocycles. The molecule has 2 aromatic rings. The Kier molecular flexibility index (Phi) is 6.36. The third-order valence-corrected chi connectivity index (χ3v) is 5.20. The van der Waals surface area contributed by atoms with Crippen LogP contribution in [0.15, 0.2) is 71.6 Å². The van der Waals surface area contributed by atoms with E-state index < -0.39 is 0 Å². The van der Waals surface area contributed by atoms with Crippen LogP contribution in [-0.2, 0) is 17.6 Å². The Balaban J connectivity index is 1.53. The van der Waals surface area contributed by atoms with Crippen LogP contribution in [0.4, 0.5) is 0 Å². The Hall–Kier alpha value is -1.51. The van der Waals surface area contributed by atoms with E-state index in [1.807, 2.05) is 11.8 Å². The van der Waals surface area contributed by atoms with Crippen LogP contribution in [0, 0.1) is 5.92 Å². The molecular weight excluding hydrogens is 300 g/mol. The van der Waals surface area contributed by atoms with Gasteiger partial charge in [0.05, 0.1) is 13.2 Å². The lowest BCUT2D eigenvalue weighted by atomic mass is 9.90. The molecule has 3 rings (SSSR count). The lowest BCUT2D eigenvalue weighted by Crippen LogP contribution is -2.22. The molecule has 1 heterocycles. The summed E-state index contributed by atoms with van der Waals surface area (Å²) in [6.07, 6.45) is 3.30. The molecule has 0 saturated carbocycles. The summed E-state index contributed by atoms with van der Waals surface area (Å²) in [6, 6.07) is 21.5. The summed E-state index contributed by atoms with van der Waals surface area (Å²) in [7, 11) is 0. The predicted molar refractivity (Wildman–Crippen MR) is 99.8 cm³/mol. The molecule has 1 fully saturated rings. The van der Waals surface area contributed by atoms with Crippen molar-refractivity contribution in [2.24, 2.45) is 5.92 Å². The highest BCUT2D eigenvalue weighted by atomic mass is 32.2. The molecule has 1 saturated heterocycles. The molecule has 0 N–H and O–H groups in total. The lowest BCUT2D eigenvalue weighted by molar-refractivity contribution is 0.0846. The van der Waals surface area contributed by atoms with Crippen LogP contribution in [0.25, 0.3) is 0 Å². The Bertz CT molecular complexity index is 606. The molecule has 1 atom stereocenters. The van der Waals surface area contributed by atoms with Crippen LogP contribution in [0.2, 0.25) is 0 Å². The van der Waals surface area contributed by atoms with Crippen LogP contribution >= 0.6 is 11.8 Å². The molecule has 1 unspecified atom stereocenters. The molecule has 1 aliphatic rings. The van der Waals surface area contributed by atoms with Crippen molar-refractivity contribution in [2.45, 2.75) is 19.3 Å². The molecule has 0 bridgehead atoms. The SMILES string of the molecule is C(/SCCc1ccccc1)=C1/CCOCC1Cc1ccccc1.